The van der Waals surface area contributed by atoms with Crippen molar-refractivity contribution in [2.75, 3.05) is 0 Å². The standard InChI is InChI=1S/C12H18N2/c1-10-7-8-12(14-10)9-13-11-5-3-2-4-6-11/h7-9,11,14H,2-6H2,1H3/b13-9+. The summed E-state index contributed by atoms with van der Waals surface area (Å²) in [5.74, 6) is 0. The van der Waals surface area contributed by atoms with E-state index in [0.29, 0.717) is 6.04 Å². The summed E-state index contributed by atoms with van der Waals surface area (Å²) in [6.07, 6.45) is 8.64. The first-order valence-electron chi connectivity index (χ1n) is 5.53. The molecule has 0 spiro atoms. The van der Waals surface area contributed by atoms with E-state index in [1.807, 2.05) is 6.21 Å². The first kappa shape index (κ1) is 9.50. The van der Waals surface area contributed by atoms with E-state index in [-0.39, 0.29) is 0 Å². The number of nitrogens with zero attached hydrogens (tertiary/aromatic N) is 1. The second-order valence-corrected chi connectivity index (χ2v) is 4.17. The van der Waals surface area contributed by atoms with Gasteiger partial charge in [-0.05, 0) is 31.9 Å². The van der Waals surface area contributed by atoms with Gasteiger partial charge in [-0.1, -0.05) is 19.3 Å². The van der Waals surface area contributed by atoms with Gasteiger partial charge in [0.1, 0.15) is 0 Å². The molecular weight excluding hydrogens is 172 g/mol. The van der Waals surface area contributed by atoms with Crippen molar-refractivity contribution in [1.82, 2.24) is 4.98 Å². The van der Waals surface area contributed by atoms with Crippen molar-refractivity contribution in [2.45, 2.75) is 45.1 Å². The van der Waals surface area contributed by atoms with E-state index in [4.69, 9.17) is 0 Å². The predicted octanol–water partition coefficient (Wildman–Crippen LogP) is 3.07. The van der Waals surface area contributed by atoms with Crippen molar-refractivity contribution in [2.24, 2.45) is 4.99 Å². The van der Waals surface area contributed by atoms with Gasteiger partial charge in [0.2, 0.25) is 0 Å². The molecule has 0 saturated heterocycles. The van der Waals surface area contributed by atoms with E-state index in [1.165, 1.54) is 37.8 Å². The second-order valence-electron chi connectivity index (χ2n) is 4.17. The topological polar surface area (TPSA) is 28.1 Å². The molecule has 0 amide bonds. The van der Waals surface area contributed by atoms with Crippen LogP contribution in [0.3, 0.4) is 0 Å². The molecule has 0 atom stereocenters. The van der Waals surface area contributed by atoms with Gasteiger partial charge >= 0.3 is 0 Å². The highest BCUT2D eigenvalue weighted by atomic mass is 14.8. The Bertz CT molecular complexity index is 306. The summed E-state index contributed by atoms with van der Waals surface area (Å²) in [5, 5.41) is 0. The zero-order chi connectivity index (χ0) is 9.80. The largest absolute Gasteiger partial charge is 0.358 e. The smallest absolute Gasteiger partial charge is 0.0563 e. The molecule has 0 aromatic carbocycles. The van der Waals surface area contributed by atoms with Crippen molar-refractivity contribution >= 4 is 6.21 Å². The Morgan fingerprint density at radius 3 is 2.71 bits per heavy atom. The lowest BCUT2D eigenvalue weighted by Crippen LogP contribution is -2.09. The van der Waals surface area contributed by atoms with Crippen LogP contribution < -0.4 is 0 Å². The number of nitrogens with one attached hydrogen (secondary N) is 1. The molecule has 2 heteroatoms. The Kier molecular flexibility index (Phi) is 3.02. The van der Waals surface area contributed by atoms with Crippen LogP contribution in [-0.4, -0.2) is 17.2 Å². The number of aromatic nitrogens is 1. The van der Waals surface area contributed by atoms with Gasteiger partial charge in [-0.3, -0.25) is 4.99 Å². The summed E-state index contributed by atoms with van der Waals surface area (Å²) in [6, 6.07) is 4.75. The summed E-state index contributed by atoms with van der Waals surface area (Å²) in [7, 11) is 0. The monoisotopic (exact) mass is 190 g/mol. The lowest BCUT2D eigenvalue weighted by molar-refractivity contribution is 0.444. The molecule has 0 aliphatic heterocycles. The highest BCUT2D eigenvalue weighted by molar-refractivity contribution is 5.77. The minimum Gasteiger partial charge on any atom is -0.358 e. The van der Waals surface area contributed by atoms with Crippen LogP contribution in [0.4, 0.5) is 0 Å². The molecule has 76 valence electrons. The summed E-state index contributed by atoms with van der Waals surface area (Å²) >= 11 is 0. The van der Waals surface area contributed by atoms with Crippen molar-refractivity contribution in [3.63, 3.8) is 0 Å². The molecular formula is C12H18N2. The van der Waals surface area contributed by atoms with Crippen molar-refractivity contribution in [3.8, 4) is 0 Å². The van der Waals surface area contributed by atoms with Gasteiger partial charge in [0, 0.05) is 11.9 Å². The van der Waals surface area contributed by atoms with E-state index in [1.54, 1.807) is 0 Å². The summed E-state index contributed by atoms with van der Waals surface area (Å²) in [4.78, 5) is 7.88. The molecule has 1 aliphatic carbocycles. The summed E-state index contributed by atoms with van der Waals surface area (Å²) in [6.45, 7) is 2.07. The van der Waals surface area contributed by atoms with E-state index in [9.17, 15) is 0 Å². The number of aromatic amines is 1. The Balaban J connectivity index is 1.92. The molecule has 0 radical (unpaired) electrons. The predicted molar refractivity (Wildman–Crippen MR) is 60.0 cm³/mol. The van der Waals surface area contributed by atoms with Crippen LogP contribution in [-0.2, 0) is 0 Å². The number of hydrogen-bond donors (Lipinski definition) is 1. The van der Waals surface area contributed by atoms with Crippen LogP contribution in [0.25, 0.3) is 0 Å². The molecule has 1 aromatic rings. The third-order valence-electron chi connectivity index (χ3n) is 2.85. The van der Waals surface area contributed by atoms with Gasteiger partial charge in [-0.25, -0.2) is 0 Å². The maximum Gasteiger partial charge on any atom is 0.0563 e. The fourth-order valence-electron chi connectivity index (χ4n) is 2.02. The Labute approximate surface area is 85.4 Å². The molecule has 1 N–H and O–H groups in total. The minimum atomic E-state index is 0.576. The van der Waals surface area contributed by atoms with Crippen LogP contribution in [0.5, 0.6) is 0 Å². The Morgan fingerprint density at radius 1 is 1.29 bits per heavy atom. The highest BCUT2D eigenvalue weighted by Gasteiger charge is 2.10. The maximum absolute atomic E-state index is 4.61. The second kappa shape index (κ2) is 4.45. The SMILES string of the molecule is Cc1ccc(/C=N/C2CCCCC2)[nH]1. The first-order chi connectivity index (χ1) is 6.84. The summed E-state index contributed by atoms with van der Waals surface area (Å²) < 4.78 is 0. The van der Waals surface area contributed by atoms with E-state index < -0.39 is 0 Å². The van der Waals surface area contributed by atoms with E-state index in [0.717, 1.165) is 5.69 Å². The molecule has 1 saturated carbocycles. The fraction of sp³-hybridized carbons (Fsp3) is 0.583. The van der Waals surface area contributed by atoms with E-state index >= 15 is 0 Å². The van der Waals surface area contributed by atoms with E-state index in [2.05, 4.69) is 29.0 Å². The normalized spacial score (nSPS) is 19.2. The average Bonchev–Trinajstić information content (AvgIpc) is 2.63. The summed E-state index contributed by atoms with van der Waals surface area (Å²) in [5.41, 5.74) is 2.34. The molecule has 0 bridgehead atoms. The fourth-order valence-corrected chi connectivity index (χ4v) is 2.02. The lowest BCUT2D eigenvalue weighted by Gasteiger charge is -2.16. The molecule has 14 heavy (non-hydrogen) atoms. The number of rotatable bonds is 2. The maximum atomic E-state index is 4.61. The highest BCUT2D eigenvalue weighted by Crippen LogP contribution is 2.19. The molecule has 1 aromatic heterocycles. The lowest BCUT2D eigenvalue weighted by atomic mass is 9.96. The molecule has 0 unspecified atom stereocenters. The number of H-pyrrole nitrogens is 1. The average molecular weight is 190 g/mol. The van der Waals surface area contributed by atoms with Gasteiger partial charge in [0.05, 0.1) is 11.7 Å². The van der Waals surface area contributed by atoms with Crippen LogP contribution in [0.1, 0.15) is 43.5 Å². The molecule has 1 fully saturated rings. The van der Waals surface area contributed by atoms with Crippen LogP contribution >= 0.6 is 0 Å². The first-order valence-corrected chi connectivity index (χ1v) is 5.53. The van der Waals surface area contributed by atoms with Crippen LogP contribution in [0, 0.1) is 6.92 Å². The number of aryl methyl sites for hydroxylation is 1. The Morgan fingerprint density at radius 2 is 2.07 bits per heavy atom. The van der Waals surface area contributed by atoms with Gasteiger partial charge in [-0.15, -0.1) is 0 Å². The number of hydrogen-bond acceptors (Lipinski definition) is 1. The van der Waals surface area contributed by atoms with Crippen molar-refractivity contribution < 1.29 is 0 Å². The number of aliphatic imine (C=N–C) groups is 1. The van der Waals surface area contributed by atoms with Crippen LogP contribution in [0.2, 0.25) is 0 Å². The quantitative estimate of drug-likeness (QED) is 0.694. The van der Waals surface area contributed by atoms with Gasteiger partial charge in [-0.2, -0.15) is 0 Å². The van der Waals surface area contributed by atoms with Crippen molar-refractivity contribution in [3.05, 3.63) is 23.5 Å². The van der Waals surface area contributed by atoms with Gasteiger partial charge in [0.25, 0.3) is 0 Å². The zero-order valence-corrected chi connectivity index (χ0v) is 8.79. The third-order valence-corrected chi connectivity index (χ3v) is 2.85. The Hall–Kier alpha value is -1.05. The zero-order valence-electron chi connectivity index (χ0n) is 8.79. The molecule has 2 rings (SSSR count). The molecule has 2 nitrogen and oxygen atoms in total. The molecule has 1 heterocycles. The third kappa shape index (κ3) is 2.47. The van der Waals surface area contributed by atoms with Gasteiger partial charge in [0.15, 0.2) is 0 Å². The minimum absolute atomic E-state index is 0.576. The molecule has 1 aliphatic rings. The van der Waals surface area contributed by atoms with Crippen molar-refractivity contribution in [1.29, 1.82) is 0 Å². The van der Waals surface area contributed by atoms with Gasteiger partial charge < -0.3 is 4.98 Å². The van der Waals surface area contributed by atoms with Crippen LogP contribution in [0.15, 0.2) is 17.1 Å².